The van der Waals surface area contributed by atoms with Crippen LogP contribution in [0.15, 0.2) is 18.2 Å². The molecule has 1 aliphatic rings. The fourth-order valence-electron chi connectivity index (χ4n) is 1.90. The van der Waals surface area contributed by atoms with E-state index in [0.717, 1.165) is 31.1 Å². The van der Waals surface area contributed by atoms with Gasteiger partial charge in [-0.05, 0) is 43.0 Å². The minimum atomic E-state index is -0.306. The van der Waals surface area contributed by atoms with Crippen LogP contribution in [0.25, 0.3) is 0 Å². The van der Waals surface area contributed by atoms with E-state index in [0.29, 0.717) is 0 Å². The number of nitrogens with two attached hydrogens (primary N) is 1. The number of hydrogen-bond donors (Lipinski definition) is 1. The summed E-state index contributed by atoms with van der Waals surface area (Å²) in [5.41, 5.74) is 6.69. The minimum absolute atomic E-state index is 0.231. The molecule has 1 fully saturated rings. The van der Waals surface area contributed by atoms with Gasteiger partial charge in [0.25, 0.3) is 0 Å². The molecule has 2 N–H and O–H groups in total. The molecule has 0 amide bonds. The van der Waals surface area contributed by atoms with Crippen molar-refractivity contribution in [3.63, 3.8) is 0 Å². The zero-order chi connectivity index (χ0) is 11.5. The third-order valence-electron chi connectivity index (χ3n) is 3.13. The van der Waals surface area contributed by atoms with Crippen molar-refractivity contribution in [1.82, 2.24) is 4.90 Å². The Labute approximate surface area is 96.2 Å². The topological polar surface area (TPSA) is 29.3 Å². The molecule has 88 valence electrons. The van der Waals surface area contributed by atoms with E-state index in [1.54, 1.807) is 12.1 Å². The lowest BCUT2D eigenvalue weighted by Crippen LogP contribution is -2.25. The summed E-state index contributed by atoms with van der Waals surface area (Å²) in [5.74, 6) is 0.568. The van der Waals surface area contributed by atoms with Crippen LogP contribution in [-0.4, -0.2) is 18.0 Å². The van der Waals surface area contributed by atoms with Gasteiger partial charge in [0, 0.05) is 13.1 Å². The Morgan fingerprint density at radius 2 is 2.19 bits per heavy atom. The van der Waals surface area contributed by atoms with E-state index in [9.17, 15) is 4.39 Å². The number of halogens is 1. The Balaban J connectivity index is 1.97. The van der Waals surface area contributed by atoms with Gasteiger partial charge in [-0.3, -0.25) is 4.90 Å². The molecule has 1 saturated carbocycles. The third kappa shape index (κ3) is 2.95. The number of benzene rings is 1. The van der Waals surface area contributed by atoms with E-state index in [-0.39, 0.29) is 11.5 Å². The Morgan fingerprint density at radius 1 is 1.44 bits per heavy atom. The van der Waals surface area contributed by atoms with Crippen LogP contribution in [0.3, 0.4) is 0 Å². The second kappa shape index (κ2) is 4.83. The summed E-state index contributed by atoms with van der Waals surface area (Å²) in [6.45, 7) is 5.13. The highest BCUT2D eigenvalue weighted by molar-refractivity contribution is 5.41. The van der Waals surface area contributed by atoms with Gasteiger partial charge >= 0.3 is 0 Å². The molecule has 2 nitrogen and oxygen atoms in total. The number of hydrogen-bond acceptors (Lipinski definition) is 2. The standard InChI is InChI=1S/C13H19FN2/c1-2-16(8-10-3-4-10)9-11-5-6-13(15)12(14)7-11/h5-7,10H,2-4,8-9,15H2,1H3. The maximum absolute atomic E-state index is 13.3. The monoisotopic (exact) mass is 222 g/mol. The fraction of sp³-hybridized carbons (Fsp3) is 0.538. The van der Waals surface area contributed by atoms with Crippen molar-refractivity contribution < 1.29 is 4.39 Å². The zero-order valence-electron chi connectivity index (χ0n) is 9.75. The predicted molar refractivity (Wildman–Crippen MR) is 64.5 cm³/mol. The highest BCUT2D eigenvalue weighted by atomic mass is 19.1. The van der Waals surface area contributed by atoms with Crippen molar-refractivity contribution in [2.45, 2.75) is 26.3 Å². The van der Waals surface area contributed by atoms with Crippen molar-refractivity contribution >= 4 is 5.69 Å². The van der Waals surface area contributed by atoms with Gasteiger partial charge in [-0.1, -0.05) is 13.0 Å². The van der Waals surface area contributed by atoms with Gasteiger partial charge in [0.05, 0.1) is 5.69 Å². The quantitative estimate of drug-likeness (QED) is 0.776. The Kier molecular flexibility index (Phi) is 3.44. The van der Waals surface area contributed by atoms with Gasteiger partial charge < -0.3 is 5.73 Å². The molecule has 0 radical (unpaired) electrons. The first kappa shape index (κ1) is 11.4. The molecule has 1 aromatic rings. The van der Waals surface area contributed by atoms with Crippen molar-refractivity contribution in [1.29, 1.82) is 0 Å². The molecule has 0 aliphatic heterocycles. The Hall–Kier alpha value is -1.09. The van der Waals surface area contributed by atoms with Gasteiger partial charge in [0.15, 0.2) is 0 Å². The van der Waals surface area contributed by atoms with Crippen molar-refractivity contribution in [2.24, 2.45) is 5.92 Å². The van der Waals surface area contributed by atoms with E-state index in [2.05, 4.69) is 11.8 Å². The first-order chi connectivity index (χ1) is 7.69. The number of anilines is 1. The normalized spacial score (nSPS) is 15.7. The lowest BCUT2D eigenvalue weighted by molar-refractivity contribution is 0.268. The number of nitrogens with zero attached hydrogens (tertiary/aromatic N) is 1. The molecule has 0 atom stereocenters. The van der Waals surface area contributed by atoms with Crippen LogP contribution in [-0.2, 0) is 6.54 Å². The molecule has 0 unspecified atom stereocenters. The van der Waals surface area contributed by atoms with Crippen molar-refractivity contribution in [3.8, 4) is 0 Å². The molecular formula is C13H19FN2. The Bertz CT molecular complexity index is 361. The van der Waals surface area contributed by atoms with E-state index >= 15 is 0 Å². The van der Waals surface area contributed by atoms with Crippen LogP contribution in [0, 0.1) is 11.7 Å². The van der Waals surface area contributed by atoms with Gasteiger partial charge in [-0.15, -0.1) is 0 Å². The van der Waals surface area contributed by atoms with Gasteiger partial charge in [0.1, 0.15) is 5.82 Å². The fourth-order valence-corrected chi connectivity index (χ4v) is 1.90. The van der Waals surface area contributed by atoms with Crippen LogP contribution in [0.2, 0.25) is 0 Å². The zero-order valence-corrected chi connectivity index (χ0v) is 9.75. The third-order valence-corrected chi connectivity index (χ3v) is 3.13. The minimum Gasteiger partial charge on any atom is -0.396 e. The summed E-state index contributed by atoms with van der Waals surface area (Å²) in [4.78, 5) is 2.36. The van der Waals surface area contributed by atoms with Gasteiger partial charge in [-0.2, -0.15) is 0 Å². The van der Waals surface area contributed by atoms with Crippen LogP contribution in [0.1, 0.15) is 25.3 Å². The first-order valence-corrected chi connectivity index (χ1v) is 5.95. The summed E-state index contributed by atoms with van der Waals surface area (Å²) < 4.78 is 13.3. The Morgan fingerprint density at radius 3 is 2.75 bits per heavy atom. The second-order valence-electron chi connectivity index (χ2n) is 4.63. The van der Waals surface area contributed by atoms with Crippen LogP contribution >= 0.6 is 0 Å². The number of rotatable bonds is 5. The van der Waals surface area contributed by atoms with E-state index in [4.69, 9.17) is 5.73 Å². The summed E-state index contributed by atoms with van der Waals surface area (Å²) in [7, 11) is 0. The maximum atomic E-state index is 13.3. The molecule has 16 heavy (non-hydrogen) atoms. The summed E-state index contributed by atoms with van der Waals surface area (Å²) in [6, 6.07) is 5.11. The molecule has 0 bridgehead atoms. The molecule has 0 heterocycles. The molecule has 3 heteroatoms. The lowest BCUT2D eigenvalue weighted by Gasteiger charge is -2.20. The lowest BCUT2D eigenvalue weighted by atomic mass is 10.2. The van der Waals surface area contributed by atoms with E-state index in [1.165, 1.54) is 12.8 Å². The predicted octanol–water partition coefficient (Wildman–Crippen LogP) is 2.64. The SMILES string of the molecule is CCN(Cc1ccc(N)c(F)c1)CC1CC1. The highest BCUT2D eigenvalue weighted by Gasteiger charge is 2.23. The summed E-state index contributed by atoms with van der Waals surface area (Å²) in [5, 5.41) is 0. The van der Waals surface area contributed by atoms with E-state index < -0.39 is 0 Å². The van der Waals surface area contributed by atoms with Crippen LogP contribution in [0.4, 0.5) is 10.1 Å². The van der Waals surface area contributed by atoms with E-state index in [1.807, 2.05) is 6.07 Å². The molecule has 2 rings (SSSR count). The smallest absolute Gasteiger partial charge is 0.146 e. The molecule has 0 spiro atoms. The molecule has 0 aromatic heterocycles. The molecular weight excluding hydrogens is 203 g/mol. The average Bonchev–Trinajstić information content (AvgIpc) is 3.06. The molecule has 1 aromatic carbocycles. The highest BCUT2D eigenvalue weighted by Crippen LogP contribution is 2.30. The number of nitrogen functional groups attached to an aromatic ring is 1. The molecule has 1 aliphatic carbocycles. The maximum Gasteiger partial charge on any atom is 0.146 e. The summed E-state index contributed by atoms with van der Waals surface area (Å²) in [6.07, 6.45) is 2.71. The van der Waals surface area contributed by atoms with Crippen LogP contribution in [0.5, 0.6) is 0 Å². The first-order valence-electron chi connectivity index (χ1n) is 5.95. The average molecular weight is 222 g/mol. The molecule has 0 saturated heterocycles. The van der Waals surface area contributed by atoms with Crippen molar-refractivity contribution in [2.75, 3.05) is 18.8 Å². The largest absolute Gasteiger partial charge is 0.396 e. The summed E-state index contributed by atoms with van der Waals surface area (Å²) >= 11 is 0. The van der Waals surface area contributed by atoms with Crippen LogP contribution < -0.4 is 5.73 Å². The second-order valence-corrected chi connectivity index (χ2v) is 4.63. The van der Waals surface area contributed by atoms with Crippen molar-refractivity contribution in [3.05, 3.63) is 29.6 Å². The van der Waals surface area contributed by atoms with Gasteiger partial charge in [-0.25, -0.2) is 4.39 Å². The van der Waals surface area contributed by atoms with Gasteiger partial charge in [0.2, 0.25) is 0 Å².